The third-order valence-electron chi connectivity index (χ3n) is 4.18. The minimum Gasteiger partial charge on any atom is -0.494 e. The Kier molecular flexibility index (Phi) is 5.89. The predicted molar refractivity (Wildman–Crippen MR) is 109 cm³/mol. The molecule has 0 spiro atoms. The standard InChI is InChI=1S/C21H24N2O2S/c1-4-5-13-25-16-11-9-15(10-12-16)20(24)23-21-22-19-17(14(2)3)7-6-8-18(19)26-21/h6-12,14H,4-5,13H2,1-3H3,(H,22,23,24). The number of amides is 1. The average Bonchev–Trinajstić information content (AvgIpc) is 3.04. The van der Waals surface area contributed by atoms with Crippen LogP contribution in [0, 0.1) is 0 Å². The van der Waals surface area contributed by atoms with Crippen LogP contribution in [-0.4, -0.2) is 17.5 Å². The second kappa shape index (κ2) is 8.32. The molecule has 0 saturated carbocycles. The highest BCUT2D eigenvalue weighted by molar-refractivity contribution is 7.22. The highest BCUT2D eigenvalue weighted by Crippen LogP contribution is 2.31. The van der Waals surface area contributed by atoms with Gasteiger partial charge in [-0.15, -0.1) is 0 Å². The van der Waals surface area contributed by atoms with Crippen molar-refractivity contribution in [1.29, 1.82) is 0 Å². The zero-order valence-corrected chi connectivity index (χ0v) is 16.2. The van der Waals surface area contributed by atoms with Crippen LogP contribution in [0.2, 0.25) is 0 Å². The first-order chi connectivity index (χ1) is 12.6. The van der Waals surface area contributed by atoms with Crippen molar-refractivity contribution in [3.63, 3.8) is 0 Å². The maximum Gasteiger partial charge on any atom is 0.257 e. The van der Waals surface area contributed by atoms with Crippen molar-refractivity contribution in [3.8, 4) is 5.75 Å². The lowest BCUT2D eigenvalue weighted by Crippen LogP contribution is -2.11. The molecule has 0 unspecified atom stereocenters. The lowest BCUT2D eigenvalue weighted by Gasteiger charge is -2.06. The van der Waals surface area contributed by atoms with Crippen LogP contribution in [0.1, 0.15) is 55.5 Å². The number of benzene rings is 2. The van der Waals surface area contributed by atoms with E-state index in [1.807, 2.05) is 24.3 Å². The highest BCUT2D eigenvalue weighted by atomic mass is 32.1. The Morgan fingerprint density at radius 3 is 2.65 bits per heavy atom. The van der Waals surface area contributed by atoms with Gasteiger partial charge in [-0.25, -0.2) is 4.98 Å². The smallest absolute Gasteiger partial charge is 0.257 e. The molecule has 1 heterocycles. The van der Waals surface area contributed by atoms with E-state index >= 15 is 0 Å². The minimum absolute atomic E-state index is 0.157. The molecule has 26 heavy (non-hydrogen) atoms. The van der Waals surface area contributed by atoms with Gasteiger partial charge in [-0.1, -0.05) is 50.7 Å². The molecule has 2 aromatic carbocycles. The molecule has 136 valence electrons. The molecule has 1 N–H and O–H groups in total. The topological polar surface area (TPSA) is 51.2 Å². The lowest BCUT2D eigenvalue weighted by molar-refractivity contribution is 0.102. The Bertz CT molecular complexity index is 885. The number of hydrogen-bond donors (Lipinski definition) is 1. The van der Waals surface area contributed by atoms with Crippen LogP contribution in [-0.2, 0) is 0 Å². The van der Waals surface area contributed by atoms with Crippen molar-refractivity contribution in [2.75, 3.05) is 11.9 Å². The zero-order valence-electron chi connectivity index (χ0n) is 15.4. The van der Waals surface area contributed by atoms with Gasteiger partial charge in [0.2, 0.25) is 0 Å². The van der Waals surface area contributed by atoms with Crippen LogP contribution in [0.5, 0.6) is 5.75 Å². The summed E-state index contributed by atoms with van der Waals surface area (Å²) in [6, 6.07) is 13.4. The molecule has 3 aromatic rings. The van der Waals surface area contributed by atoms with Crippen molar-refractivity contribution < 1.29 is 9.53 Å². The van der Waals surface area contributed by atoms with Crippen molar-refractivity contribution in [3.05, 3.63) is 53.6 Å². The second-order valence-corrected chi connectivity index (χ2v) is 7.58. The molecule has 0 radical (unpaired) electrons. The highest BCUT2D eigenvalue weighted by Gasteiger charge is 2.13. The van der Waals surface area contributed by atoms with Crippen molar-refractivity contribution >= 4 is 32.6 Å². The largest absolute Gasteiger partial charge is 0.494 e. The van der Waals surface area contributed by atoms with Crippen LogP contribution < -0.4 is 10.1 Å². The van der Waals surface area contributed by atoms with E-state index in [4.69, 9.17) is 4.74 Å². The Morgan fingerprint density at radius 2 is 1.96 bits per heavy atom. The van der Waals surface area contributed by atoms with E-state index in [1.54, 1.807) is 12.1 Å². The number of anilines is 1. The van der Waals surface area contributed by atoms with Crippen molar-refractivity contribution in [2.24, 2.45) is 0 Å². The first-order valence-electron chi connectivity index (χ1n) is 9.02. The van der Waals surface area contributed by atoms with E-state index in [2.05, 4.69) is 37.1 Å². The van der Waals surface area contributed by atoms with Gasteiger partial charge < -0.3 is 4.74 Å². The molecule has 1 aromatic heterocycles. The maximum absolute atomic E-state index is 12.5. The molecule has 1 amide bonds. The lowest BCUT2D eigenvalue weighted by atomic mass is 10.0. The predicted octanol–water partition coefficient (Wildman–Crippen LogP) is 5.85. The molecular weight excluding hydrogens is 344 g/mol. The SMILES string of the molecule is CCCCOc1ccc(C(=O)Nc2nc3c(C(C)C)cccc3s2)cc1. The molecule has 0 bridgehead atoms. The summed E-state index contributed by atoms with van der Waals surface area (Å²) in [6.45, 7) is 7.13. The van der Waals surface area contributed by atoms with Crippen molar-refractivity contribution in [2.45, 2.75) is 39.5 Å². The number of ether oxygens (including phenoxy) is 1. The van der Waals surface area contributed by atoms with Gasteiger partial charge in [-0.3, -0.25) is 10.1 Å². The summed E-state index contributed by atoms with van der Waals surface area (Å²) in [7, 11) is 0. The molecule has 5 heteroatoms. The summed E-state index contributed by atoms with van der Waals surface area (Å²) in [4.78, 5) is 17.1. The number of nitrogens with one attached hydrogen (secondary N) is 1. The summed E-state index contributed by atoms with van der Waals surface area (Å²) >= 11 is 1.50. The quantitative estimate of drug-likeness (QED) is 0.532. The van der Waals surface area contributed by atoms with Gasteiger partial charge in [0.1, 0.15) is 5.75 Å². The van der Waals surface area contributed by atoms with Gasteiger partial charge >= 0.3 is 0 Å². The Hall–Kier alpha value is -2.40. The molecule has 4 nitrogen and oxygen atoms in total. The second-order valence-electron chi connectivity index (χ2n) is 6.55. The molecule has 0 aliphatic rings. The number of fused-ring (bicyclic) bond motifs is 1. The number of unbranched alkanes of at least 4 members (excludes halogenated alkanes) is 1. The third-order valence-corrected chi connectivity index (χ3v) is 5.11. The zero-order chi connectivity index (χ0) is 18.5. The van der Waals surface area contributed by atoms with Crippen LogP contribution in [0.25, 0.3) is 10.2 Å². The fraction of sp³-hybridized carbons (Fsp3) is 0.333. The van der Waals surface area contributed by atoms with Gasteiger partial charge in [0.05, 0.1) is 16.8 Å². The van der Waals surface area contributed by atoms with E-state index < -0.39 is 0 Å². The fourth-order valence-electron chi connectivity index (χ4n) is 2.70. The van der Waals surface area contributed by atoms with Crippen LogP contribution in [0.15, 0.2) is 42.5 Å². The van der Waals surface area contributed by atoms with Gasteiger partial charge in [-0.2, -0.15) is 0 Å². The summed E-state index contributed by atoms with van der Waals surface area (Å²) in [5, 5.41) is 3.54. The molecule has 3 rings (SSSR count). The van der Waals surface area contributed by atoms with E-state index in [9.17, 15) is 4.79 Å². The molecule has 0 aliphatic heterocycles. The van der Waals surface area contributed by atoms with E-state index in [-0.39, 0.29) is 5.91 Å². The summed E-state index contributed by atoms with van der Waals surface area (Å²) in [5.74, 6) is 1.02. The fourth-order valence-corrected chi connectivity index (χ4v) is 3.59. The minimum atomic E-state index is -0.157. The van der Waals surface area contributed by atoms with Crippen LogP contribution in [0.3, 0.4) is 0 Å². The van der Waals surface area contributed by atoms with E-state index in [1.165, 1.54) is 16.9 Å². The first-order valence-corrected chi connectivity index (χ1v) is 9.83. The number of nitrogens with zero attached hydrogens (tertiary/aromatic N) is 1. The van der Waals surface area contributed by atoms with Gasteiger partial charge in [0, 0.05) is 5.56 Å². The molecule has 0 fully saturated rings. The average molecular weight is 369 g/mol. The molecule has 0 aliphatic carbocycles. The monoisotopic (exact) mass is 368 g/mol. The Morgan fingerprint density at radius 1 is 1.19 bits per heavy atom. The Balaban J connectivity index is 1.71. The van der Waals surface area contributed by atoms with Gasteiger partial charge in [-0.05, 0) is 48.2 Å². The van der Waals surface area contributed by atoms with Crippen LogP contribution in [0.4, 0.5) is 5.13 Å². The summed E-state index contributed by atoms with van der Waals surface area (Å²) in [6.07, 6.45) is 2.12. The summed E-state index contributed by atoms with van der Waals surface area (Å²) in [5.41, 5.74) is 2.77. The number of rotatable bonds is 7. The van der Waals surface area contributed by atoms with Gasteiger partial charge in [0.25, 0.3) is 5.91 Å². The first kappa shape index (κ1) is 18.4. The van der Waals surface area contributed by atoms with E-state index in [0.29, 0.717) is 23.2 Å². The number of hydrogen-bond acceptors (Lipinski definition) is 4. The molecule has 0 atom stereocenters. The van der Waals surface area contributed by atoms with E-state index in [0.717, 1.165) is 28.8 Å². The summed E-state index contributed by atoms with van der Waals surface area (Å²) < 4.78 is 6.72. The number of carbonyl (C=O) groups is 1. The Labute approximate surface area is 158 Å². The normalized spacial score (nSPS) is 11.1. The number of thiazole rings is 1. The van der Waals surface area contributed by atoms with Crippen LogP contribution >= 0.6 is 11.3 Å². The van der Waals surface area contributed by atoms with Gasteiger partial charge in [0.15, 0.2) is 5.13 Å². The third kappa shape index (κ3) is 4.22. The molecular formula is C21H24N2O2S. The molecule has 0 saturated heterocycles. The number of para-hydroxylation sites is 1. The number of carbonyl (C=O) groups excluding carboxylic acids is 1. The maximum atomic E-state index is 12.5. The number of aromatic nitrogens is 1. The van der Waals surface area contributed by atoms with Crippen molar-refractivity contribution in [1.82, 2.24) is 4.98 Å².